The van der Waals surface area contributed by atoms with Gasteiger partial charge in [-0.2, -0.15) is 0 Å². The first-order valence-corrected chi connectivity index (χ1v) is 22.3. The van der Waals surface area contributed by atoms with Crippen LogP contribution in [0.1, 0.15) is 199 Å². The second-order valence-electron chi connectivity index (χ2n) is 12.5. The standard InChI is InChI=1S/C34H70Cl2OSi/c1-38(35,36)34-32-30-28-26-24-22-20-18-16-14-12-10-8-6-4-2-3-5-7-9-11-13-15-17-19-21-23-25-27-29-31-33-37/h37H,2-34H2,1H3. The van der Waals surface area contributed by atoms with E-state index in [1.54, 1.807) is 0 Å². The summed E-state index contributed by atoms with van der Waals surface area (Å²) in [5.41, 5.74) is 0. The first-order valence-electron chi connectivity index (χ1n) is 17.5. The number of aliphatic hydroxyl groups is 1. The minimum Gasteiger partial charge on any atom is -0.396 e. The molecule has 0 saturated heterocycles. The molecule has 0 spiro atoms. The van der Waals surface area contributed by atoms with Gasteiger partial charge >= 0.3 is 0 Å². The number of unbranched alkanes of at least 4 members (excludes halogenated alkanes) is 30. The number of halogens is 2. The molecule has 0 atom stereocenters. The predicted molar refractivity (Wildman–Crippen MR) is 178 cm³/mol. The summed E-state index contributed by atoms with van der Waals surface area (Å²) in [5.74, 6) is 0. The van der Waals surface area contributed by atoms with Crippen LogP contribution in [0.4, 0.5) is 0 Å². The van der Waals surface area contributed by atoms with E-state index in [0.717, 1.165) is 12.5 Å². The molecule has 0 bridgehead atoms. The Kier molecular flexibility index (Phi) is 32.9. The van der Waals surface area contributed by atoms with Crippen LogP contribution in [0, 0.1) is 0 Å². The quantitative estimate of drug-likeness (QED) is 0.0456. The van der Waals surface area contributed by atoms with Crippen LogP contribution in [0.3, 0.4) is 0 Å². The van der Waals surface area contributed by atoms with Crippen LogP contribution in [-0.2, 0) is 0 Å². The van der Waals surface area contributed by atoms with Crippen molar-refractivity contribution in [2.75, 3.05) is 6.61 Å². The maximum absolute atomic E-state index is 8.78. The molecule has 0 unspecified atom stereocenters. The fraction of sp³-hybridized carbons (Fsp3) is 1.00. The zero-order chi connectivity index (χ0) is 27.8. The molecule has 0 rings (SSSR count). The maximum atomic E-state index is 8.78. The summed E-state index contributed by atoms with van der Waals surface area (Å²) in [4.78, 5) is 0. The molecule has 0 aliphatic carbocycles. The second kappa shape index (κ2) is 32.3. The molecule has 0 aromatic rings. The highest BCUT2D eigenvalue weighted by Gasteiger charge is 2.19. The third-order valence-electron chi connectivity index (χ3n) is 8.27. The van der Waals surface area contributed by atoms with Gasteiger partial charge in [0.2, 0.25) is 6.69 Å². The van der Waals surface area contributed by atoms with E-state index < -0.39 is 6.69 Å². The third-order valence-corrected chi connectivity index (χ3v) is 10.6. The average molecular weight is 594 g/mol. The van der Waals surface area contributed by atoms with Gasteiger partial charge in [-0.25, -0.2) is 0 Å². The van der Waals surface area contributed by atoms with E-state index in [4.69, 9.17) is 27.3 Å². The van der Waals surface area contributed by atoms with E-state index in [-0.39, 0.29) is 0 Å². The van der Waals surface area contributed by atoms with Crippen LogP contribution in [0.2, 0.25) is 12.6 Å². The summed E-state index contributed by atoms with van der Waals surface area (Å²) in [5, 5.41) is 8.78. The van der Waals surface area contributed by atoms with Crippen LogP contribution >= 0.6 is 22.2 Å². The molecular formula is C34H70Cl2OSi. The average Bonchev–Trinajstić information content (AvgIpc) is 2.88. The van der Waals surface area contributed by atoms with Gasteiger partial charge in [0.15, 0.2) is 0 Å². The molecule has 0 saturated carbocycles. The van der Waals surface area contributed by atoms with Crippen molar-refractivity contribution in [3.05, 3.63) is 0 Å². The number of hydrogen-bond donors (Lipinski definition) is 1. The first-order chi connectivity index (χ1) is 18.6. The number of rotatable bonds is 33. The van der Waals surface area contributed by atoms with Gasteiger partial charge in [0.1, 0.15) is 0 Å². The van der Waals surface area contributed by atoms with Gasteiger partial charge in [-0.15, -0.1) is 22.2 Å². The molecule has 0 heterocycles. The zero-order valence-corrected chi connectivity index (χ0v) is 28.5. The second-order valence-corrected chi connectivity index (χ2v) is 20.7. The van der Waals surface area contributed by atoms with Crippen molar-refractivity contribution in [3.63, 3.8) is 0 Å². The van der Waals surface area contributed by atoms with Gasteiger partial charge in [-0.05, 0) is 19.0 Å². The van der Waals surface area contributed by atoms with E-state index in [0.29, 0.717) is 6.61 Å². The summed E-state index contributed by atoms with van der Waals surface area (Å²) in [6.07, 6.45) is 43.7. The van der Waals surface area contributed by atoms with Gasteiger partial charge in [0.25, 0.3) is 0 Å². The van der Waals surface area contributed by atoms with Crippen LogP contribution < -0.4 is 0 Å². The number of hydrogen-bond acceptors (Lipinski definition) is 1. The molecule has 230 valence electrons. The molecule has 4 heteroatoms. The molecule has 0 amide bonds. The third kappa shape index (κ3) is 36.8. The molecular weight excluding hydrogens is 523 g/mol. The van der Waals surface area contributed by atoms with E-state index in [1.807, 2.05) is 6.55 Å². The van der Waals surface area contributed by atoms with Crippen molar-refractivity contribution >= 4 is 28.9 Å². The van der Waals surface area contributed by atoms with Gasteiger partial charge in [0.05, 0.1) is 0 Å². The fourth-order valence-electron chi connectivity index (χ4n) is 5.67. The molecule has 0 radical (unpaired) electrons. The smallest absolute Gasteiger partial charge is 0.248 e. The molecule has 0 aromatic heterocycles. The Morgan fingerprint density at radius 3 is 0.632 bits per heavy atom. The van der Waals surface area contributed by atoms with Crippen molar-refractivity contribution in [1.82, 2.24) is 0 Å². The fourth-order valence-corrected chi connectivity index (χ4v) is 7.35. The largest absolute Gasteiger partial charge is 0.396 e. The lowest BCUT2D eigenvalue weighted by atomic mass is 10.0. The summed E-state index contributed by atoms with van der Waals surface area (Å²) < 4.78 is 0. The molecule has 0 aromatic carbocycles. The molecule has 0 aliphatic heterocycles. The molecule has 0 aliphatic rings. The monoisotopic (exact) mass is 592 g/mol. The summed E-state index contributed by atoms with van der Waals surface area (Å²) in [7, 11) is 0. The summed E-state index contributed by atoms with van der Waals surface area (Å²) >= 11 is 12.3. The van der Waals surface area contributed by atoms with E-state index in [2.05, 4.69) is 0 Å². The van der Waals surface area contributed by atoms with Crippen LogP contribution in [0.5, 0.6) is 0 Å². The van der Waals surface area contributed by atoms with Crippen LogP contribution in [0.25, 0.3) is 0 Å². The summed E-state index contributed by atoms with van der Waals surface area (Å²) in [6, 6.07) is 1.06. The van der Waals surface area contributed by atoms with Crippen molar-refractivity contribution < 1.29 is 5.11 Å². The Labute approximate surface area is 251 Å². The Balaban J connectivity index is 3.04. The maximum Gasteiger partial charge on any atom is 0.248 e. The van der Waals surface area contributed by atoms with Gasteiger partial charge in [-0.1, -0.05) is 193 Å². The summed E-state index contributed by atoms with van der Waals surface area (Å²) in [6.45, 7) is 0.568. The van der Waals surface area contributed by atoms with Gasteiger partial charge in [0, 0.05) is 6.61 Å². The molecule has 1 N–H and O–H groups in total. The highest BCUT2D eigenvalue weighted by molar-refractivity contribution is 7.44. The Hall–Kier alpha value is 0.757. The van der Waals surface area contributed by atoms with Crippen molar-refractivity contribution in [2.24, 2.45) is 0 Å². The molecule has 38 heavy (non-hydrogen) atoms. The van der Waals surface area contributed by atoms with Crippen LogP contribution in [0.15, 0.2) is 0 Å². The van der Waals surface area contributed by atoms with Crippen molar-refractivity contribution in [3.8, 4) is 0 Å². The van der Waals surface area contributed by atoms with Crippen molar-refractivity contribution in [1.29, 1.82) is 0 Å². The minimum absolute atomic E-state index is 0.371. The topological polar surface area (TPSA) is 20.2 Å². The lowest BCUT2D eigenvalue weighted by Crippen LogP contribution is -2.11. The first kappa shape index (κ1) is 38.8. The Morgan fingerprint density at radius 1 is 0.316 bits per heavy atom. The lowest BCUT2D eigenvalue weighted by molar-refractivity contribution is 0.282. The number of aliphatic hydroxyl groups excluding tert-OH is 1. The Bertz CT molecular complexity index is 427. The SMILES string of the molecule is C[Si](Cl)(Cl)CCCCCCCCCCCCCCCCCCCCCCCCCCCCCCCCCO. The highest BCUT2D eigenvalue weighted by Crippen LogP contribution is 2.23. The van der Waals surface area contributed by atoms with Crippen molar-refractivity contribution in [2.45, 2.75) is 212 Å². The van der Waals surface area contributed by atoms with E-state index in [9.17, 15) is 0 Å². The normalized spacial score (nSPS) is 12.0. The van der Waals surface area contributed by atoms with Crippen LogP contribution in [-0.4, -0.2) is 18.4 Å². The lowest BCUT2D eigenvalue weighted by Gasteiger charge is -2.09. The van der Waals surface area contributed by atoms with E-state index >= 15 is 0 Å². The highest BCUT2D eigenvalue weighted by atomic mass is 35.7. The molecule has 1 nitrogen and oxygen atoms in total. The van der Waals surface area contributed by atoms with E-state index in [1.165, 1.54) is 193 Å². The predicted octanol–water partition coefficient (Wildman–Crippen LogP) is 13.6. The van der Waals surface area contributed by atoms with Gasteiger partial charge < -0.3 is 5.11 Å². The van der Waals surface area contributed by atoms with Gasteiger partial charge in [-0.3, -0.25) is 0 Å². The zero-order valence-electron chi connectivity index (χ0n) is 26.0. The Morgan fingerprint density at radius 2 is 0.474 bits per heavy atom. The molecule has 0 fully saturated rings. The minimum atomic E-state index is -1.84.